The molecule has 1 aliphatic carbocycles. The molecule has 0 amide bonds. The monoisotopic (exact) mass is 222 g/mol. The quantitative estimate of drug-likeness (QED) is 0.847. The Labute approximate surface area is 95.9 Å². The maximum absolute atomic E-state index is 4.28. The summed E-state index contributed by atoms with van der Waals surface area (Å²) in [5.74, 6) is 0.998. The molecule has 1 aromatic rings. The van der Waals surface area contributed by atoms with Crippen molar-refractivity contribution in [3.8, 4) is 0 Å². The van der Waals surface area contributed by atoms with Gasteiger partial charge in [0.1, 0.15) is 5.82 Å². The van der Waals surface area contributed by atoms with Crippen LogP contribution in [0.15, 0.2) is 24.4 Å². The number of hydrogen-bond donors (Lipinski definition) is 1. The van der Waals surface area contributed by atoms with Crippen LogP contribution in [-0.2, 0) is 0 Å². The molecule has 1 aliphatic rings. The van der Waals surface area contributed by atoms with Crippen molar-refractivity contribution >= 4 is 17.6 Å². The summed E-state index contributed by atoms with van der Waals surface area (Å²) in [5.41, 5.74) is 0. The van der Waals surface area contributed by atoms with Crippen LogP contribution in [0.2, 0.25) is 0 Å². The highest BCUT2D eigenvalue weighted by atomic mass is 32.2. The molecular formula is C12H18N2S. The van der Waals surface area contributed by atoms with Gasteiger partial charge in [-0.1, -0.05) is 18.9 Å². The van der Waals surface area contributed by atoms with Crippen molar-refractivity contribution in [2.45, 2.75) is 30.4 Å². The molecule has 0 bridgehead atoms. The van der Waals surface area contributed by atoms with Crippen molar-refractivity contribution in [3.05, 3.63) is 24.4 Å². The molecule has 82 valence electrons. The Morgan fingerprint density at radius 3 is 2.80 bits per heavy atom. The van der Waals surface area contributed by atoms with E-state index in [1.807, 2.05) is 36.2 Å². The summed E-state index contributed by atoms with van der Waals surface area (Å²) >= 11 is 2.01. The zero-order valence-corrected chi connectivity index (χ0v) is 10.0. The van der Waals surface area contributed by atoms with Gasteiger partial charge < -0.3 is 5.32 Å². The maximum Gasteiger partial charge on any atom is 0.125 e. The van der Waals surface area contributed by atoms with Crippen LogP contribution in [0.1, 0.15) is 25.7 Å². The Balaban J connectivity index is 1.92. The molecule has 2 rings (SSSR count). The van der Waals surface area contributed by atoms with E-state index in [1.165, 1.54) is 25.7 Å². The molecule has 1 heterocycles. The van der Waals surface area contributed by atoms with E-state index < -0.39 is 0 Å². The molecule has 2 nitrogen and oxygen atoms in total. The number of aromatic nitrogens is 1. The van der Waals surface area contributed by atoms with E-state index in [0.717, 1.165) is 12.4 Å². The van der Waals surface area contributed by atoms with Gasteiger partial charge in [-0.25, -0.2) is 4.98 Å². The van der Waals surface area contributed by atoms with Gasteiger partial charge in [-0.05, 0) is 31.2 Å². The van der Waals surface area contributed by atoms with Gasteiger partial charge in [-0.3, -0.25) is 0 Å². The molecule has 0 atom stereocenters. The minimum atomic E-state index is 0.456. The lowest BCUT2D eigenvalue weighted by Gasteiger charge is -2.27. The highest BCUT2D eigenvalue weighted by Crippen LogP contribution is 2.40. The van der Waals surface area contributed by atoms with E-state index in [4.69, 9.17) is 0 Å². The molecule has 3 heteroatoms. The lowest BCUT2D eigenvalue weighted by Crippen LogP contribution is -2.30. The summed E-state index contributed by atoms with van der Waals surface area (Å²) in [7, 11) is 0. The fourth-order valence-electron chi connectivity index (χ4n) is 2.19. The Bertz CT molecular complexity index is 294. The van der Waals surface area contributed by atoms with Gasteiger partial charge in [0.25, 0.3) is 0 Å². The van der Waals surface area contributed by atoms with E-state index in [1.54, 1.807) is 0 Å². The molecular weight excluding hydrogens is 204 g/mol. The molecule has 0 aliphatic heterocycles. The van der Waals surface area contributed by atoms with E-state index in [0.29, 0.717) is 4.75 Å². The normalized spacial score (nSPS) is 19.0. The highest BCUT2D eigenvalue weighted by Gasteiger charge is 2.32. The van der Waals surface area contributed by atoms with Crippen molar-refractivity contribution < 1.29 is 0 Å². The third-order valence-electron chi connectivity index (χ3n) is 3.20. The van der Waals surface area contributed by atoms with E-state index in [9.17, 15) is 0 Å². The largest absolute Gasteiger partial charge is 0.369 e. The van der Waals surface area contributed by atoms with Gasteiger partial charge in [0.2, 0.25) is 0 Å². The Morgan fingerprint density at radius 2 is 2.20 bits per heavy atom. The van der Waals surface area contributed by atoms with Crippen LogP contribution < -0.4 is 5.32 Å². The Kier molecular flexibility index (Phi) is 3.52. The van der Waals surface area contributed by atoms with Gasteiger partial charge in [0.05, 0.1) is 0 Å². The SMILES string of the molecule is CSC1(CNc2ccccn2)CCCC1. The molecule has 1 saturated carbocycles. The zero-order valence-electron chi connectivity index (χ0n) is 9.20. The minimum Gasteiger partial charge on any atom is -0.369 e. The fraction of sp³-hybridized carbons (Fsp3) is 0.583. The summed E-state index contributed by atoms with van der Waals surface area (Å²) in [6.07, 6.45) is 9.51. The molecule has 1 aromatic heterocycles. The zero-order chi connectivity index (χ0) is 10.6. The fourth-order valence-corrected chi connectivity index (χ4v) is 3.10. The predicted octanol–water partition coefficient (Wildman–Crippen LogP) is 3.17. The lowest BCUT2D eigenvalue weighted by molar-refractivity contribution is 0.638. The summed E-state index contributed by atoms with van der Waals surface area (Å²) in [5, 5.41) is 3.45. The van der Waals surface area contributed by atoms with Crippen LogP contribution in [0.25, 0.3) is 0 Å². The number of thioether (sulfide) groups is 1. The van der Waals surface area contributed by atoms with Crippen LogP contribution in [0.3, 0.4) is 0 Å². The third-order valence-corrected chi connectivity index (χ3v) is 4.62. The number of pyridine rings is 1. The molecule has 0 saturated heterocycles. The van der Waals surface area contributed by atoms with Crippen LogP contribution in [0.5, 0.6) is 0 Å². The first-order valence-electron chi connectivity index (χ1n) is 5.55. The molecule has 15 heavy (non-hydrogen) atoms. The smallest absolute Gasteiger partial charge is 0.125 e. The number of nitrogens with one attached hydrogen (secondary N) is 1. The topological polar surface area (TPSA) is 24.9 Å². The molecule has 1 N–H and O–H groups in total. The van der Waals surface area contributed by atoms with E-state index in [-0.39, 0.29) is 0 Å². The van der Waals surface area contributed by atoms with E-state index in [2.05, 4.69) is 16.6 Å². The summed E-state index contributed by atoms with van der Waals surface area (Å²) in [6.45, 7) is 1.05. The number of rotatable bonds is 4. The number of anilines is 1. The first-order chi connectivity index (χ1) is 7.35. The standard InChI is InChI=1S/C12H18N2S/c1-15-12(7-3-4-8-12)10-14-11-6-2-5-9-13-11/h2,5-6,9H,3-4,7-8,10H2,1H3,(H,13,14). The molecule has 0 unspecified atom stereocenters. The van der Waals surface area contributed by atoms with Crippen LogP contribution in [0, 0.1) is 0 Å². The second kappa shape index (κ2) is 4.88. The third kappa shape index (κ3) is 2.65. The highest BCUT2D eigenvalue weighted by molar-refractivity contribution is 8.00. The first-order valence-corrected chi connectivity index (χ1v) is 6.77. The van der Waals surface area contributed by atoms with Crippen LogP contribution in [-0.4, -0.2) is 22.5 Å². The minimum absolute atomic E-state index is 0.456. The van der Waals surface area contributed by atoms with Gasteiger partial charge >= 0.3 is 0 Å². The van der Waals surface area contributed by atoms with Crippen molar-refractivity contribution in [1.82, 2.24) is 4.98 Å². The van der Waals surface area contributed by atoms with Crippen molar-refractivity contribution in [2.75, 3.05) is 18.1 Å². The maximum atomic E-state index is 4.28. The summed E-state index contributed by atoms with van der Waals surface area (Å²) in [4.78, 5) is 4.28. The average molecular weight is 222 g/mol. The van der Waals surface area contributed by atoms with Crippen LogP contribution >= 0.6 is 11.8 Å². The predicted molar refractivity (Wildman–Crippen MR) is 67.4 cm³/mol. The van der Waals surface area contributed by atoms with Crippen molar-refractivity contribution in [2.24, 2.45) is 0 Å². The Morgan fingerprint density at radius 1 is 1.40 bits per heavy atom. The summed E-state index contributed by atoms with van der Waals surface area (Å²) < 4.78 is 0.456. The van der Waals surface area contributed by atoms with Gasteiger partial charge in [0, 0.05) is 17.5 Å². The second-order valence-corrected chi connectivity index (χ2v) is 5.44. The first kappa shape index (κ1) is 10.8. The average Bonchev–Trinajstić information content (AvgIpc) is 2.77. The van der Waals surface area contributed by atoms with Gasteiger partial charge in [-0.15, -0.1) is 0 Å². The van der Waals surface area contributed by atoms with Crippen LogP contribution in [0.4, 0.5) is 5.82 Å². The number of hydrogen-bond acceptors (Lipinski definition) is 3. The van der Waals surface area contributed by atoms with Gasteiger partial charge in [0.15, 0.2) is 0 Å². The van der Waals surface area contributed by atoms with E-state index >= 15 is 0 Å². The Hall–Kier alpha value is -0.700. The number of nitrogens with zero attached hydrogens (tertiary/aromatic N) is 1. The summed E-state index contributed by atoms with van der Waals surface area (Å²) in [6, 6.07) is 6.00. The molecule has 0 aromatic carbocycles. The lowest BCUT2D eigenvalue weighted by atomic mass is 10.1. The molecule has 0 radical (unpaired) electrons. The molecule has 1 fully saturated rings. The second-order valence-electron chi connectivity index (χ2n) is 4.16. The van der Waals surface area contributed by atoms with Crippen molar-refractivity contribution in [3.63, 3.8) is 0 Å². The van der Waals surface area contributed by atoms with Gasteiger partial charge in [-0.2, -0.15) is 11.8 Å². The van der Waals surface area contributed by atoms with Crippen molar-refractivity contribution in [1.29, 1.82) is 0 Å². The molecule has 0 spiro atoms.